The van der Waals surface area contributed by atoms with Gasteiger partial charge in [0.25, 0.3) is 0 Å². The van der Waals surface area contributed by atoms with Crippen molar-refractivity contribution in [2.45, 2.75) is 31.6 Å². The summed E-state index contributed by atoms with van der Waals surface area (Å²) in [5.74, 6) is 0.715. The van der Waals surface area contributed by atoms with Crippen molar-refractivity contribution in [2.75, 3.05) is 0 Å². The molecule has 0 atom stereocenters. The molecule has 0 fully saturated rings. The summed E-state index contributed by atoms with van der Waals surface area (Å²) in [5.41, 5.74) is 4.08. The minimum atomic E-state index is -0.702. The van der Waals surface area contributed by atoms with E-state index in [1.807, 2.05) is 38.1 Å². The molecule has 0 bridgehead atoms. The van der Waals surface area contributed by atoms with Crippen LogP contribution in [0.1, 0.15) is 25.0 Å². The summed E-state index contributed by atoms with van der Waals surface area (Å²) in [7, 11) is 0. The molecular weight excluding hydrogens is 252 g/mol. The van der Waals surface area contributed by atoms with Crippen LogP contribution < -0.4 is 0 Å². The SMILES string of the molecule is CC(C)(O)Cc1ccccc1-c1ccccc1CS. The van der Waals surface area contributed by atoms with Crippen LogP contribution in [0.25, 0.3) is 11.1 Å². The van der Waals surface area contributed by atoms with Gasteiger partial charge in [-0.15, -0.1) is 0 Å². The van der Waals surface area contributed by atoms with E-state index >= 15 is 0 Å². The second-order valence-corrected chi connectivity index (χ2v) is 5.78. The lowest BCUT2D eigenvalue weighted by molar-refractivity contribution is 0.0811. The first-order valence-electron chi connectivity index (χ1n) is 6.51. The Morgan fingerprint density at radius 2 is 1.37 bits per heavy atom. The van der Waals surface area contributed by atoms with E-state index in [4.69, 9.17) is 0 Å². The van der Waals surface area contributed by atoms with Gasteiger partial charge in [-0.25, -0.2) is 0 Å². The van der Waals surface area contributed by atoms with Gasteiger partial charge in [-0.2, -0.15) is 12.6 Å². The smallest absolute Gasteiger partial charge is 0.0632 e. The number of aliphatic hydroxyl groups is 1. The molecule has 2 aromatic carbocycles. The second kappa shape index (κ2) is 5.81. The van der Waals surface area contributed by atoms with Crippen LogP contribution >= 0.6 is 12.6 Å². The van der Waals surface area contributed by atoms with Crippen molar-refractivity contribution in [1.82, 2.24) is 0 Å². The Labute approximate surface area is 120 Å². The van der Waals surface area contributed by atoms with E-state index in [9.17, 15) is 5.11 Å². The topological polar surface area (TPSA) is 20.2 Å². The van der Waals surface area contributed by atoms with Crippen molar-refractivity contribution in [3.8, 4) is 11.1 Å². The summed E-state index contributed by atoms with van der Waals surface area (Å²) < 4.78 is 0. The first kappa shape index (κ1) is 14.2. The lowest BCUT2D eigenvalue weighted by Crippen LogP contribution is -2.22. The molecule has 0 aliphatic heterocycles. The van der Waals surface area contributed by atoms with Crippen LogP contribution in [0.2, 0.25) is 0 Å². The average Bonchev–Trinajstić information content (AvgIpc) is 2.37. The third-order valence-electron chi connectivity index (χ3n) is 3.12. The highest BCUT2D eigenvalue weighted by Crippen LogP contribution is 2.30. The molecule has 0 saturated heterocycles. The highest BCUT2D eigenvalue weighted by Gasteiger charge is 2.17. The third kappa shape index (κ3) is 3.62. The number of hydrogen-bond acceptors (Lipinski definition) is 2. The van der Waals surface area contributed by atoms with Gasteiger partial charge in [0, 0.05) is 12.2 Å². The Morgan fingerprint density at radius 1 is 0.895 bits per heavy atom. The van der Waals surface area contributed by atoms with Gasteiger partial charge in [0.2, 0.25) is 0 Å². The van der Waals surface area contributed by atoms with Gasteiger partial charge in [-0.3, -0.25) is 0 Å². The molecule has 0 unspecified atom stereocenters. The Morgan fingerprint density at radius 3 is 1.89 bits per heavy atom. The average molecular weight is 272 g/mol. The third-order valence-corrected chi connectivity index (χ3v) is 3.46. The molecule has 0 amide bonds. The highest BCUT2D eigenvalue weighted by molar-refractivity contribution is 7.79. The summed E-state index contributed by atoms with van der Waals surface area (Å²) in [6.07, 6.45) is 0.643. The second-order valence-electron chi connectivity index (χ2n) is 5.46. The molecule has 0 heterocycles. The predicted molar refractivity (Wildman–Crippen MR) is 84.6 cm³/mol. The quantitative estimate of drug-likeness (QED) is 0.803. The number of thiol groups is 1. The predicted octanol–water partition coefficient (Wildman–Crippen LogP) is 4.10. The maximum Gasteiger partial charge on any atom is 0.0632 e. The van der Waals surface area contributed by atoms with E-state index in [1.165, 1.54) is 22.3 Å². The van der Waals surface area contributed by atoms with Crippen molar-refractivity contribution >= 4 is 12.6 Å². The Balaban J connectivity index is 2.50. The Bertz CT molecular complexity index is 555. The summed E-state index contributed by atoms with van der Waals surface area (Å²) in [6.45, 7) is 3.68. The van der Waals surface area contributed by atoms with E-state index in [1.54, 1.807) is 0 Å². The molecule has 0 aromatic heterocycles. The van der Waals surface area contributed by atoms with Gasteiger partial charge in [-0.05, 0) is 36.1 Å². The van der Waals surface area contributed by atoms with Gasteiger partial charge in [0.15, 0.2) is 0 Å². The molecule has 1 nitrogen and oxygen atoms in total. The van der Waals surface area contributed by atoms with Crippen LogP contribution in [0.15, 0.2) is 48.5 Å². The number of hydrogen-bond donors (Lipinski definition) is 2. The van der Waals surface area contributed by atoms with Crippen LogP contribution in [0, 0.1) is 0 Å². The fourth-order valence-corrected chi connectivity index (χ4v) is 2.60. The highest BCUT2D eigenvalue weighted by atomic mass is 32.1. The van der Waals surface area contributed by atoms with Crippen molar-refractivity contribution < 1.29 is 5.11 Å². The summed E-state index contributed by atoms with van der Waals surface area (Å²) in [5, 5.41) is 10.1. The van der Waals surface area contributed by atoms with E-state index < -0.39 is 5.60 Å². The molecule has 0 aliphatic rings. The number of benzene rings is 2. The molecule has 0 aliphatic carbocycles. The molecule has 0 radical (unpaired) electrons. The summed E-state index contributed by atoms with van der Waals surface area (Å²) in [6, 6.07) is 16.6. The van der Waals surface area contributed by atoms with Crippen molar-refractivity contribution in [3.05, 3.63) is 59.7 Å². The van der Waals surface area contributed by atoms with E-state index in [0.29, 0.717) is 12.2 Å². The normalized spacial score (nSPS) is 11.6. The molecule has 2 aromatic rings. The standard InChI is InChI=1S/C17H20OS/c1-17(2,18)11-13-7-3-5-9-15(13)16-10-6-4-8-14(16)12-19/h3-10,18-19H,11-12H2,1-2H3. The van der Waals surface area contributed by atoms with Crippen molar-refractivity contribution in [2.24, 2.45) is 0 Å². The van der Waals surface area contributed by atoms with Crippen molar-refractivity contribution in [3.63, 3.8) is 0 Å². The minimum absolute atomic E-state index is 0.643. The zero-order chi connectivity index (χ0) is 13.9. The van der Waals surface area contributed by atoms with Gasteiger partial charge >= 0.3 is 0 Å². The maximum atomic E-state index is 10.1. The monoisotopic (exact) mass is 272 g/mol. The van der Waals surface area contributed by atoms with Crippen LogP contribution in [-0.2, 0) is 12.2 Å². The molecule has 1 N–H and O–H groups in total. The lowest BCUT2D eigenvalue weighted by Gasteiger charge is -2.20. The van der Waals surface area contributed by atoms with Gasteiger partial charge in [0.05, 0.1) is 5.60 Å². The largest absolute Gasteiger partial charge is 0.390 e. The zero-order valence-corrected chi connectivity index (χ0v) is 12.3. The molecular formula is C17H20OS. The first-order valence-corrected chi connectivity index (χ1v) is 7.14. The fraction of sp³-hybridized carbons (Fsp3) is 0.294. The summed E-state index contributed by atoms with van der Waals surface area (Å²) >= 11 is 4.40. The van der Waals surface area contributed by atoms with Gasteiger partial charge in [0.1, 0.15) is 0 Å². The molecule has 2 heteroatoms. The van der Waals surface area contributed by atoms with Crippen LogP contribution in [0.4, 0.5) is 0 Å². The van der Waals surface area contributed by atoms with Crippen LogP contribution in [-0.4, -0.2) is 10.7 Å². The van der Waals surface area contributed by atoms with E-state index in [-0.39, 0.29) is 0 Å². The lowest BCUT2D eigenvalue weighted by atomic mass is 9.90. The molecule has 0 spiro atoms. The minimum Gasteiger partial charge on any atom is -0.390 e. The zero-order valence-electron chi connectivity index (χ0n) is 11.4. The molecule has 19 heavy (non-hydrogen) atoms. The Hall–Kier alpha value is -1.25. The number of rotatable bonds is 4. The van der Waals surface area contributed by atoms with Crippen LogP contribution in [0.3, 0.4) is 0 Å². The maximum absolute atomic E-state index is 10.1. The molecule has 2 rings (SSSR count). The summed E-state index contributed by atoms with van der Waals surface area (Å²) in [4.78, 5) is 0. The first-order chi connectivity index (χ1) is 9.01. The molecule has 100 valence electrons. The van der Waals surface area contributed by atoms with Crippen LogP contribution in [0.5, 0.6) is 0 Å². The van der Waals surface area contributed by atoms with Crippen molar-refractivity contribution in [1.29, 1.82) is 0 Å². The fourth-order valence-electron chi connectivity index (χ4n) is 2.32. The van der Waals surface area contributed by atoms with Gasteiger partial charge in [-0.1, -0.05) is 48.5 Å². The van der Waals surface area contributed by atoms with Gasteiger partial charge < -0.3 is 5.11 Å². The molecule has 0 saturated carbocycles. The Kier molecular flexibility index (Phi) is 4.33. The van der Waals surface area contributed by atoms with E-state index in [2.05, 4.69) is 36.9 Å². The van der Waals surface area contributed by atoms with E-state index in [0.717, 1.165) is 0 Å².